The van der Waals surface area contributed by atoms with Crippen LogP contribution in [0, 0.1) is 6.92 Å². The fourth-order valence-corrected chi connectivity index (χ4v) is 3.81. The van der Waals surface area contributed by atoms with Crippen molar-refractivity contribution < 1.29 is 19.1 Å². The second-order valence-electron chi connectivity index (χ2n) is 5.39. The summed E-state index contributed by atoms with van der Waals surface area (Å²) in [5.41, 5.74) is 1.45. The minimum Gasteiger partial charge on any atom is -0.462 e. The first-order valence-corrected chi connectivity index (χ1v) is 8.78. The van der Waals surface area contributed by atoms with Gasteiger partial charge in [-0.05, 0) is 25.8 Å². The molecule has 1 unspecified atom stereocenters. The normalized spacial score (nSPS) is 17.0. The molecule has 8 heteroatoms. The number of esters is 1. The van der Waals surface area contributed by atoms with Crippen molar-refractivity contribution in [3.8, 4) is 0 Å². The Bertz CT molecular complexity index is 571. The van der Waals surface area contributed by atoms with Crippen molar-refractivity contribution in [1.82, 2.24) is 5.32 Å². The van der Waals surface area contributed by atoms with Gasteiger partial charge in [-0.15, -0.1) is 23.7 Å². The molecule has 1 amide bonds. The van der Waals surface area contributed by atoms with E-state index in [1.54, 1.807) is 6.92 Å². The molecule has 1 atom stereocenters. The number of rotatable bonds is 6. The lowest BCUT2D eigenvalue weighted by atomic mass is 10.1. The van der Waals surface area contributed by atoms with E-state index in [-0.39, 0.29) is 30.3 Å². The summed E-state index contributed by atoms with van der Waals surface area (Å²) < 4.78 is 10.5. The van der Waals surface area contributed by atoms with Crippen LogP contribution in [0.1, 0.15) is 41.1 Å². The fourth-order valence-electron chi connectivity index (χ4n) is 2.66. The third-order valence-electron chi connectivity index (χ3n) is 3.73. The number of carbonyl (C=O) groups is 2. The highest BCUT2D eigenvalue weighted by Gasteiger charge is 2.24. The number of thiophene rings is 1. The zero-order valence-electron chi connectivity index (χ0n) is 14.3. The van der Waals surface area contributed by atoms with E-state index in [1.165, 1.54) is 11.3 Å². The molecular formula is C16H25ClN2O4S. The summed E-state index contributed by atoms with van der Waals surface area (Å²) >= 11 is 1.43. The van der Waals surface area contributed by atoms with Crippen molar-refractivity contribution in [3.63, 3.8) is 0 Å². The molecule has 0 aliphatic carbocycles. The van der Waals surface area contributed by atoms with Crippen LogP contribution in [0.2, 0.25) is 0 Å². The van der Waals surface area contributed by atoms with Crippen molar-refractivity contribution in [2.75, 3.05) is 31.7 Å². The molecule has 136 valence electrons. The van der Waals surface area contributed by atoms with E-state index in [2.05, 4.69) is 10.6 Å². The molecule has 1 aliphatic rings. The topological polar surface area (TPSA) is 76.7 Å². The molecule has 0 radical (unpaired) electrons. The highest BCUT2D eigenvalue weighted by molar-refractivity contribution is 7.16. The highest BCUT2D eigenvalue weighted by Crippen LogP contribution is 2.34. The Balaban J connectivity index is 0.00000288. The smallest absolute Gasteiger partial charge is 0.341 e. The van der Waals surface area contributed by atoms with Gasteiger partial charge in [0.05, 0.1) is 25.4 Å². The average molecular weight is 377 g/mol. The lowest BCUT2D eigenvalue weighted by Crippen LogP contribution is -2.43. The van der Waals surface area contributed by atoms with Gasteiger partial charge >= 0.3 is 5.97 Å². The van der Waals surface area contributed by atoms with E-state index in [4.69, 9.17) is 9.47 Å². The van der Waals surface area contributed by atoms with E-state index in [9.17, 15) is 9.59 Å². The maximum atomic E-state index is 12.3. The van der Waals surface area contributed by atoms with Crippen molar-refractivity contribution in [3.05, 3.63) is 16.0 Å². The molecule has 2 heterocycles. The Morgan fingerprint density at radius 2 is 2.17 bits per heavy atom. The summed E-state index contributed by atoms with van der Waals surface area (Å²) in [5.74, 6) is -0.495. The molecule has 1 aliphatic heterocycles. The average Bonchev–Trinajstić information content (AvgIpc) is 2.83. The molecule has 0 saturated carbocycles. The number of nitrogens with one attached hydrogen (secondary N) is 2. The van der Waals surface area contributed by atoms with Gasteiger partial charge in [0.2, 0.25) is 5.91 Å². The summed E-state index contributed by atoms with van der Waals surface area (Å²) in [6.45, 7) is 8.00. The van der Waals surface area contributed by atoms with Crippen LogP contribution in [0.4, 0.5) is 5.00 Å². The SMILES string of the molecule is CCOC(=O)c1c(NC(=O)CC2COCCN2)sc(C)c1CC.Cl. The number of morpholine rings is 1. The van der Waals surface area contributed by atoms with Gasteiger partial charge in [-0.3, -0.25) is 4.79 Å². The van der Waals surface area contributed by atoms with Crippen LogP contribution in [0.3, 0.4) is 0 Å². The number of carbonyl (C=O) groups excluding carboxylic acids is 2. The third-order valence-corrected chi connectivity index (χ3v) is 4.79. The van der Waals surface area contributed by atoms with Crippen LogP contribution in [-0.2, 0) is 20.7 Å². The zero-order chi connectivity index (χ0) is 16.8. The molecule has 2 N–H and O–H groups in total. The minimum atomic E-state index is -0.372. The van der Waals surface area contributed by atoms with Crippen molar-refractivity contribution >= 4 is 40.6 Å². The van der Waals surface area contributed by atoms with E-state index in [0.29, 0.717) is 36.8 Å². The van der Waals surface area contributed by atoms with E-state index >= 15 is 0 Å². The second kappa shape index (κ2) is 9.98. The Morgan fingerprint density at radius 3 is 2.75 bits per heavy atom. The molecule has 1 aromatic rings. The highest BCUT2D eigenvalue weighted by atomic mass is 35.5. The summed E-state index contributed by atoms with van der Waals surface area (Å²) in [5, 5.41) is 6.71. The number of anilines is 1. The first-order valence-electron chi connectivity index (χ1n) is 7.97. The maximum Gasteiger partial charge on any atom is 0.341 e. The van der Waals surface area contributed by atoms with Crippen LogP contribution in [0.15, 0.2) is 0 Å². The van der Waals surface area contributed by atoms with E-state index in [1.807, 2.05) is 13.8 Å². The molecule has 24 heavy (non-hydrogen) atoms. The first kappa shape index (κ1) is 20.9. The van der Waals surface area contributed by atoms with Gasteiger partial charge in [-0.2, -0.15) is 0 Å². The monoisotopic (exact) mass is 376 g/mol. The molecule has 0 aromatic carbocycles. The Hall–Kier alpha value is -1.15. The lowest BCUT2D eigenvalue weighted by molar-refractivity contribution is -0.117. The summed E-state index contributed by atoms with van der Waals surface area (Å²) in [7, 11) is 0. The molecule has 6 nitrogen and oxygen atoms in total. The number of hydrogen-bond acceptors (Lipinski definition) is 6. The van der Waals surface area contributed by atoms with Crippen LogP contribution in [-0.4, -0.2) is 44.3 Å². The number of amides is 1. The standard InChI is InChI=1S/C16H24N2O4S.ClH/c1-4-12-10(3)23-15(14(12)16(20)22-5-2)18-13(19)8-11-9-21-7-6-17-11;/h11,17H,4-9H2,1-3H3,(H,18,19);1H. The van der Waals surface area contributed by atoms with Crippen molar-refractivity contribution in [2.45, 2.75) is 39.7 Å². The lowest BCUT2D eigenvalue weighted by Gasteiger charge is -2.23. The van der Waals surface area contributed by atoms with E-state index in [0.717, 1.165) is 23.4 Å². The quantitative estimate of drug-likeness (QED) is 0.746. The number of ether oxygens (including phenoxy) is 2. The van der Waals surface area contributed by atoms with Gasteiger partial charge < -0.3 is 20.1 Å². The molecule has 1 saturated heterocycles. The number of aryl methyl sites for hydroxylation is 1. The predicted octanol–water partition coefficient (Wildman–Crippen LogP) is 2.53. The predicted molar refractivity (Wildman–Crippen MR) is 97.5 cm³/mol. The van der Waals surface area contributed by atoms with Gasteiger partial charge in [0.1, 0.15) is 5.00 Å². The first-order chi connectivity index (χ1) is 11.1. The van der Waals surface area contributed by atoms with Crippen LogP contribution in [0.5, 0.6) is 0 Å². The Morgan fingerprint density at radius 1 is 1.42 bits per heavy atom. The second-order valence-corrected chi connectivity index (χ2v) is 6.62. The van der Waals surface area contributed by atoms with Crippen molar-refractivity contribution in [1.29, 1.82) is 0 Å². The van der Waals surface area contributed by atoms with Gasteiger partial charge in [0.25, 0.3) is 0 Å². The van der Waals surface area contributed by atoms with Gasteiger partial charge in [0.15, 0.2) is 0 Å². The Labute approximate surface area is 152 Å². The maximum absolute atomic E-state index is 12.3. The molecule has 1 aromatic heterocycles. The van der Waals surface area contributed by atoms with Crippen LogP contribution >= 0.6 is 23.7 Å². The largest absolute Gasteiger partial charge is 0.462 e. The van der Waals surface area contributed by atoms with Crippen LogP contribution < -0.4 is 10.6 Å². The molecule has 1 fully saturated rings. The minimum absolute atomic E-state index is 0. The van der Waals surface area contributed by atoms with E-state index < -0.39 is 0 Å². The molecular weight excluding hydrogens is 352 g/mol. The number of halogens is 1. The number of hydrogen-bond donors (Lipinski definition) is 2. The molecule has 0 bridgehead atoms. The van der Waals surface area contributed by atoms with Crippen molar-refractivity contribution in [2.24, 2.45) is 0 Å². The van der Waals surface area contributed by atoms with Gasteiger partial charge in [-0.25, -0.2) is 4.79 Å². The van der Waals surface area contributed by atoms with Gasteiger partial charge in [-0.1, -0.05) is 6.92 Å². The Kier molecular flexibility index (Phi) is 8.69. The van der Waals surface area contributed by atoms with Gasteiger partial charge in [0, 0.05) is 23.9 Å². The van der Waals surface area contributed by atoms with Crippen LogP contribution in [0.25, 0.3) is 0 Å². The zero-order valence-corrected chi connectivity index (χ0v) is 15.9. The molecule has 0 spiro atoms. The fraction of sp³-hybridized carbons (Fsp3) is 0.625. The summed E-state index contributed by atoms with van der Waals surface area (Å²) in [6.07, 6.45) is 1.05. The summed E-state index contributed by atoms with van der Waals surface area (Å²) in [6, 6.07) is 0.0153. The summed E-state index contributed by atoms with van der Waals surface area (Å²) in [4.78, 5) is 25.5. The molecule has 2 rings (SSSR count). The third kappa shape index (κ3) is 5.17.